The Morgan fingerprint density at radius 2 is 0.879 bits per heavy atom. The fourth-order valence-electron chi connectivity index (χ4n) is 7.28. The molecule has 58 heavy (non-hydrogen) atoms. The molecule has 15 nitrogen and oxygen atoms in total. The Labute approximate surface area is 347 Å². The van der Waals surface area contributed by atoms with Gasteiger partial charge in [0.15, 0.2) is 18.7 Å². The van der Waals surface area contributed by atoms with E-state index in [0.29, 0.717) is 12.8 Å². The average Bonchev–Trinajstić information content (AvgIpc) is 3.22. The smallest absolute Gasteiger partial charge is 0.306 e. The number of hydrogen-bond donors (Lipinski definition) is 7. The van der Waals surface area contributed by atoms with Gasteiger partial charge >= 0.3 is 11.9 Å². The first-order chi connectivity index (χ1) is 28.0. The third-order valence-corrected chi connectivity index (χ3v) is 11.1. The summed E-state index contributed by atoms with van der Waals surface area (Å²) in [6, 6.07) is 0. The zero-order valence-corrected chi connectivity index (χ0v) is 35.5. The summed E-state index contributed by atoms with van der Waals surface area (Å²) in [5, 5.41) is 71.6. The van der Waals surface area contributed by atoms with E-state index >= 15 is 0 Å². The van der Waals surface area contributed by atoms with Crippen LogP contribution in [0.5, 0.6) is 0 Å². The lowest BCUT2D eigenvalue weighted by molar-refractivity contribution is -0.332. The van der Waals surface area contributed by atoms with Crippen LogP contribution in [0.3, 0.4) is 0 Å². The van der Waals surface area contributed by atoms with Crippen LogP contribution >= 0.6 is 0 Å². The van der Waals surface area contributed by atoms with Crippen molar-refractivity contribution < 1.29 is 73.8 Å². The van der Waals surface area contributed by atoms with Crippen molar-refractivity contribution in [3.8, 4) is 0 Å². The van der Waals surface area contributed by atoms with Gasteiger partial charge in [-0.2, -0.15) is 0 Å². The summed E-state index contributed by atoms with van der Waals surface area (Å²) in [5.74, 6) is -0.936. The molecule has 0 saturated carbocycles. The molecule has 2 rings (SSSR count). The Morgan fingerprint density at radius 1 is 0.483 bits per heavy atom. The molecule has 0 aromatic heterocycles. The maximum atomic E-state index is 12.9. The van der Waals surface area contributed by atoms with Crippen LogP contribution in [0.4, 0.5) is 0 Å². The van der Waals surface area contributed by atoms with Crippen LogP contribution in [0.15, 0.2) is 0 Å². The third kappa shape index (κ3) is 21.3. The number of aliphatic hydroxyl groups is 7. The number of unbranched alkanes of at least 4 members (excludes halogenated alkanes) is 20. The van der Waals surface area contributed by atoms with E-state index in [2.05, 4.69) is 13.8 Å². The molecule has 0 aliphatic carbocycles. The van der Waals surface area contributed by atoms with E-state index in [1.807, 2.05) is 0 Å². The topological polar surface area (TPSA) is 231 Å². The number of hydrogen-bond acceptors (Lipinski definition) is 15. The van der Waals surface area contributed by atoms with E-state index in [0.717, 1.165) is 38.5 Å². The molecule has 342 valence electrons. The van der Waals surface area contributed by atoms with Gasteiger partial charge in [0, 0.05) is 12.8 Å². The van der Waals surface area contributed by atoms with Gasteiger partial charge in [-0.3, -0.25) is 9.59 Å². The largest absolute Gasteiger partial charge is 0.462 e. The Hall–Kier alpha value is -1.50. The highest BCUT2D eigenvalue weighted by molar-refractivity contribution is 5.70. The fourth-order valence-corrected chi connectivity index (χ4v) is 7.28. The highest BCUT2D eigenvalue weighted by atomic mass is 16.7. The highest BCUT2D eigenvalue weighted by Gasteiger charge is 2.47. The van der Waals surface area contributed by atoms with E-state index in [1.165, 1.54) is 89.9 Å². The molecule has 0 bridgehead atoms. The average molecular weight is 837 g/mol. The highest BCUT2D eigenvalue weighted by Crippen LogP contribution is 2.26. The van der Waals surface area contributed by atoms with Crippen LogP contribution < -0.4 is 0 Å². The minimum Gasteiger partial charge on any atom is -0.462 e. The normalized spacial score (nSPS) is 28.0. The minimum absolute atomic E-state index is 0.172. The summed E-state index contributed by atoms with van der Waals surface area (Å²) < 4.78 is 33.2. The summed E-state index contributed by atoms with van der Waals surface area (Å²) in [4.78, 5) is 25.3. The van der Waals surface area contributed by atoms with Crippen molar-refractivity contribution in [3.05, 3.63) is 0 Å². The van der Waals surface area contributed by atoms with Gasteiger partial charge in [-0.05, 0) is 12.8 Å². The first-order valence-electron chi connectivity index (χ1n) is 22.6. The summed E-state index contributed by atoms with van der Waals surface area (Å²) >= 11 is 0. The number of rotatable bonds is 34. The Balaban J connectivity index is 1.76. The van der Waals surface area contributed by atoms with E-state index in [1.54, 1.807) is 0 Å². The third-order valence-electron chi connectivity index (χ3n) is 11.1. The number of aliphatic hydroxyl groups excluding tert-OH is 7. The molecule has 2 aliphatic heterocycles. The number of carbonyl (C=O) groups excluding carboxylic acids is 2. The lowest BCUT2D eigenvalue weighted by Gasteiger charge is -2.42. The van der Waals surface area contributed by atoms with Crippen molar-refractivity contribution in [1.82, 2.24) is 0 Å². The molecular formula is C43H80O15. The van der Waals surface area contributed by atoms with Crippen molar-refractivity contribution in [3.63, 3.8) is 0 Å². The van der Waals surface area contributed by atoms with Crippen LogP contribution in [0.2, 0.25) is 0 Å². The summed E-state index contributed by atoms with van der Waals surface area (Å²) in [7, 11) is 0. The van der Waals surface area contributed by atoms with Gasteiger partial charge in [0.1, 0.15) is 55.4 Å². The molecule has 2 heterocycles. The monoisotopic (exact) mass is 837 g/mol. The Kier molecular flexibility index (Phi) is 29.3. The molecule has 2 fully saturated rings. The quantitative estimate of drug-likeness (QED) is 0.0350. The van der Waals surface area contributed by atoms with Crippen LogP contribution in [-0.4, -0.2) is 142 Å². The predicted octanol–water partition coefficient (Wildman–Crippen LogP) is 4.48. The van der Waals surface area contributed by atoms with E-state index in [-0.39, 0.29) is 26.1 Å². The summed E-state index contributed by atoms with van der Waals surface area (Å²) in [6.45, 7) is 2.45. The molecule has 11 atom stereocenters. The van der Waals surface area contributed by atoms with Crippen molar-refractivity contribution in [1.29, 1.82) is 0 Å². The van der Waals surface area contributed by atoms with E-state index < -0.39 is 92.7 Å². The Bertz CT molecular complexity index is 1030. The molecule has 0 amide bonds. The molecule has 0 aromatic carbocycles. The standard InChI is InChI=1S/C43H80O15/c1-3-5-7-9-10-11-12-13-14-15-16-17-18-19-20-21-22-24-26-35(46)56-31(28-53-34(45)25-23-8-6-4-2)29-54-42-41(52)39(50)37(48)33(58-42)30-55-43-40(51)38(49)36(47)32(27-44)57-43/h31-33,36-44,47-52H,3-30H2,1-2H3. The second-order valence-electron chi connectivity index (χ2n) is 16.2. The molecule has 0 radical (unpaired) electrons. The zero-order valence-electron chi connectivity index (χ0n) is 35.5. The van der Waals surface area contributed by atoms with Gasteiger partial charge in [0.2, 0.25) is 0 Å². The molecule has 0 aromatic rings. The van der Waals surface area contributed by atoms with Crippen LogP contribution in [0, 0.1) is 0 Å². The van der Waals surface area contributed by atoms with Crippen LogP contribution in [0.1, 0.15) is 168 Å². The van der Waals surface area contributed by atoms with Gasteiger partial charge in [0.25, 0.3) is 0 Å². The van der Waals surface area contributed by atoms with Gasteiger partial charge in [-0.25, -0.2) is 0 Å². The number of esters is 2. The van der Waals surface area contributed by atoms with E-state index in [9.17, 15) is 45.3 Å². The minimum atomic E-state index is -1.76. The maximum absolute atomic E-state index is 12.9. The lowest BCUT2D eigenvalue weighted by atomic mass is 9.98. The summed E-state index contributed by atoms with van der Waals surface area (Å²) in [5.41, 5.74) is 0. The summed E-state index contributed by atoms with van der Waals surface area (Å²) in [6.07, 6.45) is 9.41. The van der Waals surface area contributed by atoms with Crippen LogP contribution in [-0.2, 0) is 38.0 Å². The lowest BCUT2D eigenvalue weighted by Crippen LogP contribution is -2.61. The van der Waals surface area contributed by atoms with E-state index in [4.69, 9.17) is 28.4 Å². The molecule has 11 unspecified atom stereocenters. The van der Waals surface area contributed by atoms with Crippen LogP contribution in [0.25, 0.3) is 0 Å². The van der Waals surface area contributed by atoms with Crippen molar-refractivity contribution in [2.75, 3.05) is 26.4 Å². The van der Waals surface area contributed by atoms with Gasteiger partial charge in [0.05, 0.1) is 19.8 Å². The van der Waals surface area contributed by atoms with Gasteiger partial charge in [-0.1, -0.05) is 142 Å². The maximum Gasteiger partial charge on any atom is 0.306 e. The van der Waals surface area contributed by atoms with Gasteiger partial charge < -0.3 is 64.2 Å². The second-order valence-corrected chi connectivity index (χ2v) is 16.2. The predicted molar refractivity (Wildman–Crippen MR) is 215 cm³/mol. The first kappa shape index (κ1) is 52.6. The van der Waals surface area contributed by atoms with Gasteiger partial charge in [-0.15, -0.1) is 0 Å². The Morgan fingerprint density at radius 3 is 1.36 bits per heavy atom. The van der Waals surface area contributed by atoms with Crippen molar-refractivity contribution in [2.24, 2.45) is 0 Å². The fraction of sp³-hybridized carbons (Fsp3) is 0.953. The first-order valence-corrected chi connectivity index (χ1v) is 22.6. The SMILES string of the molecule is CCCCCCCCCCCCCCCCCCCCC(=O)OC(COC(=O)CCCCCC)COC1OC(COC2OC(CO)C(O)C(O)C2O)C(O)C(O)C1O. The number of carbonyl (C=O) groups is 2. The van der Waals surface area contributed by atoms with Crippen molar-refractivity contribution >= 4 is 11.9 Å². The molecular weight excluding hydrogens is 756 g/mol. The molecule has 0 spiro atoms. The molecule has 2 aliphatic rings. The molecule has 7 N–H and O–H groups in total. The number of ether oxygens (including phenoxy) is 6. The van der Waals surface area contributed by atoms with Crippen molar-refractivity contribution in [2.45, 2.75) is 235 Å². The second kappa shape index (κ2) is 32.2. The zero-order chi connectivity index (χ0) is 42.5. The molecule has 15 heteroatoms. The molecule has 2 saturated heterocycles.